The number of hydrogen-bond acceptors (Lipinski definition) is 6. The number of hydrogen-bond donors (Lipinski definition) is 1. The molecular formula is C17H18ClN3O5S. The molecule has 27 heavy (non-hydrogen) atoms. The second-order valence-electron chi connectivity index (χ2n) is 6.06. The number of aryl methyl sites for hydroxylation is 1. The van der Waals surface area contributed by atoms with Crippen molar-refractivity contribution in [1.82, 2.24) is 4.31 Å². The minimum Gasteiger partial charge on any atom is -0.379 e. The molecule has 0 atom stereocenters. The first-order chi connectivity index (χ1) is 12.8. The van der Waals surface area contributed by atoms with E-state index in [9.17, 15) is 18.5 Å². The van der Waals surface area contributed by atoms with E-state index in [1.807, 2.05) is 13.0 Å². The van der Waals surface area contributed by atoms with Gasteiger partial charge in [-0.25, -0.2) is 8.42 Å². The van der Waals surface area contributed by atoms with Gasteiger partial charge in [-0.15, -0.1) is 0 Å². The van der Waals surface area contributed by atoms with E-state index in [1.165, 1.54) is 16.4 Å². The summed E-state index contributed by atoms with van der Waals surface area (Å²) < 4.78 is 31.9. The third-order valence-corrected chi connectivity index (χ3v) is 6.37. The monoisotopic (exact) mass is 411 g/mol. The normalized spacial score (nSPS) is 15.5. The van der Waals surface area contributed by atoms with E-state index in [0.29, 0.717) is 23.9 Å². The number of morpholine rings is 1. The zero-order chi connectivity index (χ0) is 19.6. The van der Waals surface area contributed by atoms with Crippen molar-refractivity contribution in [2.45, 2.75) is 11.8 Å². The molecule has 0 bridgehead atoms. The maximum absolute atomic E-state index is 12.7. The van der Waals surface area contributed by atoms with Crippen LogP contribution in [0.15, 0.2) is 41.3 Å². The molecule has 3 rings (SSSR count). The number of rotatable bonds is 5. The molecule has 0 aromatic heterocycles. The minimum absolute atomic E-state index is 0.128. The van der Waals surface area contributed by atoms with Crippen molar-refractivity contribution in [3.8, 4) is 0 Å². The fourth-order valence-corrected chi connectivity index (χ4v) is 4.44. The van der Waals surface area contributed by atoms with Gasteiger partial charge in [-0.2, -0.15) is 4.31 Å². The molecule has 1 fully saturated rings. The molecule has 0 saturated carbocycles. The van der Waals surface area contributed by atoms with Gasteiger partial charge in [0.1, 0.15) is 5.69 Å². The maximum atomic E-state index is 12.7. The number of nitro benzene ring substituents is 1. The van der Waals surface area contributed by atoms with Gasteiger partial charge in [0.25, 0.3) is 5.69 Å². The van der Waals surface area contributed by atoms with Crippen LogP contribution in [0.5, 0.6) is 0 Å². The maximum Gasteiger partial charge on any atom is 0.294 e. The minimum atomic E-state index is -3.83. The second kappa shape index (κ2) is 7.81. The average molecular weight is 412 g/mol. The lowest BCUT2D eigenvalue weighted by molar-refractivity contribution is -0.384. The molecule has 10 heteroatoms. The Morgan fingerprint density at radius 3 is 2.44 bits per heavy atom. The van der Waals surface area contributed by atoms with Crippen molar-refractivity contribution < 1.29 is 18.1 Å². The highest BCUT2D eigenvalue weighted by Gasteiger charge is 2.29. The van der Waals surface area contributed by atoms with Crippen molar-refractivity contribution >= 4 is 38.7 Å². The zero-order valence-corrected chi connectivity index (χ0v) is 16.1. The van der Waals surface area contributed by atoms with Crippen molar-refractivity contribution in [3.05, 3.63) is 57.1 Å². The Kier molecular flexibility index (Phi) is 5.66. The number of halogens is 1. The van der Waals surface area contributed by atoms with E-state index >= 15 is 0 Å². The van der Waals surface area contributed by atoms with Crippen molar-refractivity contribution in [2.75, 3.05) is 31.6 Å². The number of nitrogens with one attached hydrogen (secondary N) is 1. The summed E-state index contributed by atoms with van der Waals surface area (Å²) in [5, 5.41) is 14.8. The molecule has 0 amide bonds. The number of anilines is 2. The lowest BCUT2D eigenvalue weighted by Gasteiger charge is -2.26. The number of nitrogens with zero attached hydrogens (tertiary/aromatic N) is 2. The molecule has 1 N–H and O–H groups in total. The van der Waals surface area contributed by atoms with Gasteiger partial charge in [-0.3, -0.25) is 10.1 Å². The van der Waals surface area contributed by atoms with Gasteiger partial charge in [0.2, 0.25) is 10.0 Å². The summed E-state index contributed by atoms with van der Waals surface area (Å²) >= 11 is 6.17. The number of nitro groups is 1. The van der Waals surface area contributed by atoms with Gasteiger partial charge >= 0.3 is 0 Å². The Hall–Kier alpha value is -2.20. The predicted molar refractivity (Wildman–Crippen MR) is 102 cm³/mol. The third kappa shape index (κ3) is 4.22. The fraction of sp³-hybridized carbons (Fsp3) is 0.294. The molecule has 0 aliphatic carbocycles. The predicted octanol–water partition coefficient (Wildman–Crippen LogP) is 3.32. The first kappa shape index (κ1) is 19.6. The quantitative estimate of drug-likeness (QED) is 0.598. The number of benzene rings is 2. The van der Waals surface area contributed by atoms with Crippen LogP contribution < -0.4 is 5.32 Å². The standard InChI is InChI=1S/C17H18ClN3O5S/c1-12-2-4-15(14(18)10-12)19-16-5-3-13(11-17(16)21(22)23)27(24,25)20-6-8-26-9-7-20/h2-5,10-11,19H,6-9H2,1H3. The van der Waals surface area contributed by atoms with Crippen LogP contribution in [0.25, 0.3) is 0 Å². The molecule has 1 aliphatic rings. The summed E-state index contributed by atoms with van der Waals surface area (Å²) in [6.07, 6.45) is 0. The van der Waals surface area contributed by atoms with E-state index in [1.54, 1.807) is 12.1 Å². The van der Waals surface area contributed by atoms with Crippen molar-refractivity contribution in [3.63, 3.8) is 0 Å². The topological polar surface area (TPSA) is 102 Å². The van der Waals surface area contributed by atoms with Gasteiger partial charge in [0, 0.05) is 19.2 Å². The SMILES string of the molecule is Cc1ccc(Nc2ccc(S(=O)(=O)N3CCOCC3)cc2[N+](=O)[O-])c(Cl)c1. The van der Waals surface area contributed by atoms with E-state index in [0.717, 1.165) is 11.6 Å². The fourth-order valence-electron chi connectivity index (χ4n) is 2.73. The summed E-state index contributed by atoms with van der Waals surface area (Å²) in [4.78, 5) is 10.8. The summed E-state index contributed by atoms with van der Waals surface area (Å²) in [6.45, 7) is 2.91. The van der Waals surface area contributed by atoms with Crippen LogP contribution in [-0.4, -0.2) is 43.9 Å². The number of ether oxygens (including phenoxy) is 1. The number of sulfonamides is 1. The summed E-state index contributed by atoms with van der Waals surface area (Å²) in [5.41, 5.74) is 1.26. The van der Waals surface area contributed by atoms with Crippen LogP contribution in [0, 0.1) is 17.0 Å². The molecule has 1 aliphatic heterocycles. The molecule has 1 heterocycles. The lowest BCUT2D eigenvalue weighted by Crippen LogP contribution is -2.40. The van der Waals surface area contributed by atoms with E-state index in [2.05, 4.69) is 5.32 Å². The molecule has 2 aromatic carbocycles. The highest BCUT2D eigenvalue weighted by Crippen LogP contribution is 2.34. The second-order valence-corrected chi connectivity index (χ2v) is 8.41. The van der Waals surface area contributed by atoms with Gasteiger partial charge in [0.15, 0.2) is 0 Å². The molecular weight excluding hydrogens is 394 g/mol. The van der Waals surface area contributed by atoms with Crippen LogP contribution in [0.2, 0.25) is 5.02 Å². The summed E-state index contributed by atoms with van der Waals surface area (Å²) in [6, 6.07) is 9.04. The Labute approximate surface area is 161 Å². The van der Waals surface area contributed by atoms with Crippen LogP contribution in [0.1, 0.15) is 5.56 Å². The first-order valence-corrected chi connectivity index (χ1v) is 10.0. The molecule has 144 valence electrons. The average Bonchev–Trinajstić information content (AvgIpc) is 2.64. The van der Waals surface area contributed by atoms with E-state index < -0.39 is 14.9 Å². The van der Waals surface area contributed by atoms with E-state index in [-0.39, 0.29) is 29.4 Å². The Morgan fingerprint density at radius 2 is 1.81 bits per heavy atom. The largest absolute Gasteiger partial charge is 0.379 e. The molecule has 0 unspecified atom stereocenters. The van der Waals surface area contributed by atoms with Gasteiger partial charge in [-0.1, -0.05) is 17.7 Å². The lowest BCUT2D eigenvalue weighted by atomic mass is 10.2. The van der Waals surface area contributed by atoms with Crippen LogP contribution in [0.3, 0.4) is 0 Å². The molecule has 8 nitrogen and oxygen atoms in total. The molecule has 2 aromatic rings. The zero-order valence-electron chi connectivity index (χ0n) is 14.5. The first-order valence-electron chi connectivity index (χ1n) is 8.18. The Bertz CT molecular complexity index is 975. The van der Waals surface area contributed by atoms with Crippen LogP contribution in [0.4, 0.5) is 17.1 Å². The Balaban J connectivity index is 1.96. The van der Waals surface area contributed by atoms with Crippen molar-refractivity contribution in [2.24, 2.45) is 0 Å². The molecule has 0 radical (unpaired) electrons. The van der Waals surface area contributed by atoms with Gasteiger partial charge < -0.3 is 10.1 Å². The van der Waals surface area contributed by atoms with Crippen molar-refractivity contribution in [1.29, 1.82) is 0 Å². The highest BCUT2D eigenvalue weighted by atomic mass is 35.5. The van der Waals surface area contributed by atoms with Crippen LogP contribution in [-0.2, 0) is 14.8 Å². The third-order valence-electron chi connectivity index (χ3n) is 4.17. The van der Waals surface area contributed by atoms with Crippen LogP contribution >= 0.6 is 11.6 Å². The van der Waals surface area contributed by atoms with E-state index in [4.69, 9.17) is 16.3 Å². The van der Waals surface area contributed by atoms with Gasteiger partial charge in [0.05, 0.1) is 33.7 Å². The summed E-state index contributed by atoms with van der Waals surface area (Å²) in [7, 11) is -3.83. The molecule has 0 spiro atoms. The summed E-state index contributed by atoms with van der Waals surface area (Å²) in [5.74, 6) is 0. The highest BCUT2D eigenvalue weighted by molar-refractivity contribution is 7.89. The smallest absolute Gasteiger partial charge is 0.294 e. The Morgan fingerprint density at radius 1 is 1.15 bits per heavy atom. The molecule has 1 saturated heterocycles. The van der Waals surface area contributed by atoms with Gasteiger partial charge in [-0.05, 0) is 36.8 Å².